The van der Waals surface area contributed by atoms with E-state index in [2.05, 4.69) is 15.9 Å². The van der Waals surface area contributed by atoms with E-state index in [0.717, 1.165) is 21.3 Å². The van der Waals surface area contributed by atoms with Crippen LogP contribution in [-0.4, -0.2) is 36.7 Å². The smallest absolute Gasteiger partial charge is 0.122 e. The molecule has 1 rings (SSSR count). The largest absolute Gasteiger partial charge is 0.496 e. The van der Waals surface area contributed by atoms with Gasteiger partial charge in [-0.25, -0.2) is 0 Å². The van der Waals surface area contributed by atoms with Gasteiger partial charge in [0.1, 0.15) is 5.75 Å². The summed E-state index contributed by atoms with van der Waals surface area (Å²) in [6.45, 7) is 1.97. The second kappa shape index (κ2) is 7.08. The minimum absolute atomic E-state index is 0. The summed E-state index contributed by atoms with van der Waals surface area (Å²) >= 11 is 3.42. The first-order valence-electron chi connectivity index (χ1n) is 4.09. The molecule has 0 aliphatic carbocycles. The summed E-state index contributed by atoms with van der Waals surface area (Å²) in [5, 5.41) is 8.42. The molecule has 0 fully saturated rings. The van der Waals surface area contributed by atoms with Crippen molar-refractivity contribution in [3.8, 4) is 11.8 Å². The maximum absolute atomic E-state index is 8.42. The number of halogens is 1. The second-order valence-corrected chi connectivity index (χ2v) is 3.66. The number of hydrogen-bond acceptors (Lipinski definition) is 2. The molecule has 0 saturated heterocycles. The van der Waals surface area contributed by atoms with Gasteiger partial charge in [-0.15, -0.1) is 0 Å². The van der Waals surface area contributed by atoms with Gasteiger partial charge < -0.3 is 4.74 Å². The first kappa shape index (κ1) is 14.7. The number of ether oxygens (including phenoxy) is 1. The third kappa shape index (κ3) is 4.00. The zero-order chi connectivity index (χ0) is 10.6. The van der Waals surface area contributed by atoms with E-state index in [-0.39, 0.29) is 29.6 Å². The number of nitrogens with zero attached hydrogens (tertiary/aromatic N) is 1. The Kier molecular flexibility index (Phi) is 6.95. The van der Waals surface area contributed by atoms with Crippen LogP contribution in [0.15, 0.2) is 22.7 Å². The van der Waals surface area contributed by atoms with Crippen molar-refractivity contribution < 1.29 is 4.74 Å². The molecule has 1 aromatic carbocycles. The quantitative estimate of drug-likeness (QED) is 0.614. The van der Waals surface area contributed by atoms with E-state index < -0.39 is 0 Å². The molecule has 0 atom stereocenters. The molecular formula is C11H10BrNNaO. The summed E-state index contributed by atoms with van der Waals surface area (Å²) < 4.78 is 6.14. The maximum atomic E-state index is 8.42. The molecule has 0 bridgehead atoms. The fourth-order valence-corrected chi connectivity index (χ4v) is 1.73. The third-order valence-electron chi connectivity index (χ3n) is 1.85. The Balaban J connectivity index is 0.00000196. The van der Waals surface area contributed by atoms with Crippen molar-refractivity contribution in [1.82, 2.24) is 0 Å². The van der Waals surface area contributed by atoms with Crippen LogP contribution < -0.4 is 4.74 Å². The summed E-state index contributed by atoms with van der Waals surface area (Å²) in [7, 11) is 1.63. The van der Waals surface area contributed by atoms with Crippen LogP contribution in [0.4, 0.5) is 0 Å². The van der Waals surface area contributed by atoms with Crippen molar-refractivity contribution in [2.24, 2.45) is 0 Å². The van der Waals surface area contributed by atoms with Gasteiger partial charge in [-0.3, -0.25) is 0 Å². The molecule has 0 aliphatic rings. The Morgan fingerprint density at radius 2 is 2.13 bits per heavy atom. The molecule has 2 nitrogen and oxygen atoms in total. The van der Waals surface area contributed by atoms with Gasteiger partial charge in [0.2, 0.25) is 0 Å². The fraction of sp³-hybridized carbons (Fsp3) is 0.182. The molecule has 1 radical (unpaired) electrons. The number of hydrogen-bond donors (Lipinski definition) is 0. The first-order chi connectivity index (χ1) is 6.69. The molecule has 4 heteroatoms. The summed E-state index contributed by atoms with van der Waals surface area (Å²) in [6, 6.07) is 5.82. The van der Waals surface area contributed by atoms with Crippen molar-refractivity contribution in [3.63, 3.8) is 0 Å². The Morgan fingerprint density at radius 1 is 1.47 bits per heavy atom. The van der Waals surface area contributed by atoms with Gasteiger partial charge in [0.05, 0.1) is 13.2 Å². The molecule has 1 aromatic rings. The molecule has 0 saturated carbocycles. The van der Waals surface area contributed by atoms with Crippen LogP contribution in [0.3, 0.4) is 0 Å². The predicted octanol–water partition coefficient (Wildman–Crippen LogP) is 2.92. The molecular weight excluding hydrogens is 265 g/mol. The van der Waals surface area contributed by atoms with E-state index in [1.165, 1.54) is 6.08 Å². The van der Waals surface area contributed by atoms with Crippen molar-refractivity contribution in [1.29, 1.82) is 5.26 Å². The third-order valence-corrected chi connectivity index (χ3v) is 2.54. The number of aryl methyl sites for hydroxylation is 1. The van der Waals surface area contributed by atoms with Crippen LogP contribution in [0.2, 0.25) is 0 Å². The topological polar surface area (TPSA) is 33.0 Å². The van der Waals surface area contributed by atoms with Crippen LogP contribution in [0.5, 0.6) is 5.75 Å². The van der Waals surface area contributed by atoms with Gasteiger partial charge in [-0.2, -0.15) is 5.26 Å². The van der Waals surface area contributed by atoms with Crippen molar-refractivity contribution in [3.05, 3.63) is 33.8 Å². The molecule has 73 valence electrons. The molecule has 0 heterocycles. The van der Waals surface area contributed by atoms with E-state index in [4.69, 9.17) is 10.00 Å². The van der Waals surface area contributed by atoms with Crippen LogP contribution in [0.25, 0.3) is 6.08 Å². The van der Waals surface area contributed by atoms with Gasteiger partial charge in [0.15, 0.2) is 0 Å². The molecule has 0 N–H and O–H groups in total. The summed E-state index contributed by atoms with van der Waals surface area (Å²) in [5.74, 6) is 0.825. The van der Waals surface area contributed by atoms with Crippen molar-refractivity contribution >= 4 is 51.6 Å². The van der Waals surface area contributed by atoms with Gasteiger partial charge >= 0.3 is 0 Å². The number of benzene rings is 1. The van der Waals surface area contributed by atoms with Gasteiger partial charge in [0.25, 0.3) is 0 Å². The molecule has 0 aliphatic heterocycles. The maximum Gasteiger partial charge on any atom is 0.122 e. The zero-order valence-electron chi connectivity index (χ0n) is 9.04. The molecule has 0 spiro atoms. The number of methoxy groups -OCH3 is 1. The van der Waals surface area contributed by atoms with Gasteiger partial charge in [0, 0.05) is 40.1 Å². The molecule has 0 aromatic heterocycles. The Hall–Kier alpha value is -0.270. The summed E-state index contributed by atoms with van der Waals surface area (Å²) in [4.78, 5) is 0. The standard InChI is InChI=1S/C11H10BrNO.Na/c1-8-6-10(12)9(4-3-5-13)7-11(8)14-2;/h3-4,6-7H,1-2H3;. The van der Waals surface area contributed by atoms with Gasteiger partial charge in [-0.05, 0) is 36.3 Å². The molecule has 0 unspecified atom stereocenters. The SMILES string of the molecule is COc1cc(C=CC#N)c(Br)cc1C.[Na]. The van der Waals surface area contributed by atoms with Gasteiger partial charge in [-0.1, -0.05) is 15.9 Å². The van der Waals surface area contributed by atoms with E-state index in [1.54, 1.807) is 13.2 Å². The Bertz CT molecular complexity index is 410. The number of nitriles is 1. The van der Waals surface area contributed by atoms with Crippen LogP contribution in [0, 0.1) is 18.3 Å². The first-order valence-corrected chi connectivity index (χ1v) is 4.88. The molecule has 15 heavy (non-hydrogen) atoms. The van der Waals surface area contributed by atoms with E-state index in [9.17, 15) is 0 Å². The summed E-state index contributed by atoms with van der Waals surface area (Å²) in [6.07, 6.45) is 3.18. The van der Waals surface area contributed by atoms with Crippen molar-refractivity contribution in [2.45, 2.75) is 6.92 Å². The van der Waals surface area contributed by atoms with Crippen LogP contribution in [-0.2, 0) is 0 Å². The van der Waals surface area contributed by atoms with Crippen LogP contribution in [0.1, 0.15) is 11.1 Å². The van der Waals surface area contributed by atoms with E-state index in [1.807, 2.05) is 25.1 Å². The zero-order valence-corrected chi connectivity index (χ0v) is 12.6. The van der Waals surface area contributed by atoms with Crippen molar-refractivity contribution in [2.75, 3.05) is 7.11 Å². The van der Waals surface area contributed by atoms with Crippen LogP contribution >= 0.6 is 15.9 Å². The minimum atomic E-state index is 0. The predicted molar refractivity (Wildman–Crippen MR) is 65.8 cm³/mol. The van der Waals surface area contributed by atoms with E-state index in [0.29, 0.717) is 0 Å². The Labute approximate surface area is 120 Å². The normalized spacial score (nSPS) is 9.47. The van der Waals surface area contributed by atoms with E-state index >= 15 is 0 Å². The Morgan fingerprint density at radius 3 is 2.67 bits per heavy atom. The monoisotopic (exact) mass is 274 g/mol. The minimum Gasteiger partial charge on any atom is -0.496 e. The summed E-state index contributed by atoms with van der Waals surface area (Å²) in [5.41, 5.74) is 2.00. The number of allylic oxidation sites excluding steroid dienone is 1. The average molecular weight is 275 g/mol. The number of rotatable bonds is 2. The molecule has 0 amide bonds. The fourth-order valence-electron chi connectivity index (χ4n) is 1.14. The second-order valence-electron chi connectivity index (χ2n) is 2.81. The average Bonchev–Trinajstić information content (AvgIpc) is 2.17.